The molecule has 1 rings (SSSR count). The number of ether oxygens (including phenoxy) is 1. The summed E-state index contributed by atoms with van der Waals surface area (Å²) in [5.41, 5.74) is 1.18. The van der Waals surface area contributed by atoms with Crippen molar-refractivity contribution in [3.63, 3.8) is 0 Å². The molecule has 2 amide bonds. The van der Waals surface area contributed by atoms with E-state index in [1.807, 2.05) is 65.8 Å². The predicted octanol–water partition coefficient (Wildman–Crippen LogP) is 3.37. The van der Waals surface area contributed by atoms with Gasteiger partial charge in [0.2, 0.25) is 0 Å². The average Bonchev–Trinajstić information content (AvgIpc) is 2.69. The second kappa shape index (κ2) is 14.9. The highest BCUT2D eigenvalue weighted by Gasteiger charge is 2.15. The maximum atomic E-state index is 12.4. The molecule has 0 spiro atoms. The summed E-state index contributed by atoms with van der Waals surface area (Å²) < 4.78 is 5.20. The van der Waals surface area contributed by atoms with E-state index in [0.29, 0.717) is 44.2 Å². The van der Waals surface area contributed by atoms with E-state index < -0.39 is 11.7 Å². The summed E-state index contributed by atoms with van der Waals surface area (Å²) in [5, 5.41) is 9.05. The van der Waals surface area contributed by atoms with E-state index in [4.69, 9.17) is 4.74 Å². The molecule has 0 aliphatic heterocycles. The first-order valence-electron chi connectivity index (χ1n) is 10.6. The summed E-state index contributed by atoms with van der Waals surface area (Å²) in [6, 6.07) is 7.54. The fraction of sp³-hybridized carbons (Fsp3) is 0.591. The van der Waals surface area contributed by atoms with E-state index in [-0.39, 0.29) is 29.9 Å². The molecule has 0 aliphatic carbocycles. The van der Waals surface area contributed by atoms with Crippen molar-refractivity contribution in [2.45, 2.75) is 53.7 Å². The molecule has 31 heavy (non-hydrogen) atoms. The second-order valence-corrected chi connectivity index (χ2v) is 7.72. The average molecular weight is 547 g/mol. The molecule has 0 aromatic heterocycles. The number of carbonyl (C=O) groups is 2. The van der Waals surface area contributed by atoms with Gasteiger partial charge in [0.1, 0.15) is 5.60 Å². The van der Waals surface area contributed by atoms with E-state index in [0.717, 1.165) is 12.1 Å². The molecule has 0 atom stereocenters. The van der Waals surface area contributed by atoms with Gasteiger partial charge in [-0.3, -0.25) is 4.79 Å². The number of carbonyl (C=O) groups excluding carboxylic acids is 2. The van der Waals surface area contributed by atoms with Crippen LogP contribution < -0.4 is 16.0 Å². The van der Waals surface area contributed by atoms with Gasteiger partial charge in [-0.1, -0.05) is 12.1 Å². The first-order chi connectivity index (χ1) is 14.2. The van der Waals surface area contributed by atoms with Gasteiger partial charge in [0, 0.05) is 38.3 Å². The fourth-order valence-electron chi connectivity index (χ4n) is 2.62. The van der Waals surface area contributed by atoms with E-state index in [2.05, 4.69) is 20.9 Å². The van der Waals surface area contributed by atoms with Gasteiger partial charge < -0.3 is 25.6 Å². The van der Waals surface area contributed by atoms with Crippen LogP contribution in [-0.2, 0) is 11.3 Å². The van der Waals surface area contributed by atoms with Crippen LogP contribution in [0.4, 0.5) is 4.79 Å². The Morgan fingerprint density at radius 1 is 0.968 bits per heavy atom. The molecule has 0 aliphatic rings. The number of amides is 2. The molecule has 176 valence electrons. The zero-order valence-corrected chi connectivity index (χ0v) is 21.9. The minimum absolute atomic E-state index is 0. The lowest BCUT2D eigenvalue weighted by molar-refractivity contribution is 0.0528. The fourth-order valence-corrected chi connectivity index (χ4v) is 2.62. The highest BCUT2D eigenvalue weighted by molar-refractivity contribution is 14.0. The minimum atomic E-state index is -0.514. The van der Waals surface area contributed by atoms with E-state index in [1.54, 1.807) is 4.90 Å². The van der Waals surface area contributed by atoms with Crippen molar-refractivity contribution in [3.05, 3.63) is 35.4 Å². The quantitative estimate of drug-likeness (QED) is 0.191. The summed E-state index contributed by atoms with van der Waals surface area (Å²) in [4.78, 5) is 30.4. The lowest BCUT2D eigenvalue weighted by Gasteiger charge is -2.20. The van der Waals surface area contributed by atoms with Gasteiger partial charge in [-0.05, 0) is 59.2 Å². The Balaban J connectivity index is 0.00000900. The molecule has 1 aromatic carbocycles. The molecule has 0 fully saturated rings. The van der Waals surface area contributed by atoms with Crippen molar-refractivity contribution < 1.29 is 14.3 Å². The minimum Gasteiger partial charge on any atom is -0.444 e. The van der Waals surface area contributed by atoms with Crippen LogP contribution in [0.15, 0.2) is 29.3 Å². The van der Waals surface area contributed by atoms with Gasteiger partial charge >= 0.3 is 6.09 Å². The van der Waals surface area contributed by atoms with Crippen LogP contribution in [0.25, 0.3) is 0 Å². The number of rotatable bonds is 9. The number of hydrogen-bond donors (Lipinski definition) is 3. The normalized spacial score (nSPS) is 11.2. The number of guanidine groups is 1. The van der Waals surface area contributed by atoms with Crippen LogP contribution in [0.5, 0.6) is 0 Å². The number of benzene rings is 1. The highest BCUT2D eigenvalue weighted by Crippen LogP contribution is 2.09. The number of alkyl carbamates (subject to hydrolysis) is 1. The third-order valence-electron chi connectivity index (χ3n) is 4.10. The highest BCUT2D eigenvalue weighted by atomic mass is 127. The van der Waals surface area contributed by atoms with Crippen molar-refractivity contribution >= 4 is 41.9 Å². The standard InChI is InChI=1S/C22H37N5O3.HI/c1-7-23-20(24-14-15-25-21(29)30-22(4,5)6)26-16-17-10-12-18(13-11-17)19(28)27(8-2)9-3;/h10-13H,7-9,14-16H2,1-6H3,(H,25,29)(H2,23,24,26);1H. The zero-order valence-electron chi connectivity index (χ0n) is 19.6. The van der Waals surface area contributed by atoms with E-state index in [9.17, 15) is 9.59 Å². The Morgan fingerprint density at radius 2 is 1.55 bits per heavy atom. The van der Waals surface area contributed by atoms with Crippen molar-refractivity contribution in [3.8, 4) is 0 Å². The van der Waals surface area contributed by atoms with Crippen molar-refractivity contribution in [1.29, 1.82) is 0 Å². The first-order valence-corrected chi connectivity index (χ1v) is 10.6. The van der Waals surface area contributed by atoms with Crippen LogP contribution in [0, 0.1) is 0 Å². The summed E-state index contributed by atoms with van der Waals surface area (Å²) >= 11 is 0. The molecule has 0 radical (unpaired) electrons. The molecule has 0 saturated heterocycles. The van der Waals surface area contributed by atoms with Crippen LogP contribution in [0.3, 0.4) is 0 Å². The maximum Gasteiger partial charge on any atom is 0.407 e. The topological polar surface area (TPSA) is 95.1 Å². The van der Waals surface area contributed by atoms with Crippen molar-refractivity contribution in [1.82, 2.24) is 20.9 Å². The molecule has 9 heteroatoms. The van der Waals surface area contributed by atoms with Crippen molar-refractivity contribution in [2.75, 3.05) is 32.7 Å². The van der Waals surface area contributed by atoms with Crippen LogP contribution in [0.2, 0.25) is 0 Å². The van der Waals surface area contributed by atoms with Gasteiger partial charge in [-0.25, -0.2) is 9.79 Å². The molecule has 3 N–H and O–H groups in total. The van der Waals surface area contributed by atoms with Crippen LogP contribution in [-0.4, -0.2) is 61.2 Å². The van der Waals surface area contributed by atoms with E-state index in [1.165, 1.54) is 0 Å². The zero-order chi connectivity index (χ0) is 22.6. The predicted molar refractivity (Wildman–Crippen MR) is 136 cm³/mol. The number of nitrogens with zero attached hydrogens (tertiary/aromatic N) is 2. The number of nitrogens with one attached hydrogen (secondary N) is 3. The Hall–Kier alpha value is -2.04. The second-order valence-electron chi connectivity index (χ2n) is 7.72. The molecule has 8 nitrogen and oxygen atoms in total. The molecule has 0 saturated carbocycles. The number of halogens is 1. The van der Waals surface area contributed by atoms with E-state index >= 15 is 0 Å². The molecule has 0 unspecified atom stereocenters. The summed E-state index contributed by atoms with van der Waals surface area (Å²) in [6.45, 7) is 15.0. The third kappa shape index (κ3) is 11.8. The molecule has 1 aromatic rings. The Morgan fingerprint density at radius 3 is 2.06 bits per heavy atom. The summed E-state index contributed by atoms with van der Waals surface area (Å²) in [7, 11) is 0. The van der Waals surface area contributed by atoms with Gasteiger partial charge in [-0.2, -0.15) is 0 Å². The SMILES string of the molecule is CCNC(=NCc1ccc(C(=O)N(CC)CC)cc1)NCCNC(=O)OC(C)(C)C.I. The largest absolute Gasteiger partial charge is 0.444 e. The Labute approximate surface area is 203 Å². The van der Waals surface area contributed by atoms with Gasteiger partial charge in [0.05, 0.1) is 6.54 Å². The first kappa shape index (κ1) is 29.0. The van der Waals surface area contributed by atoms with Gasteiger partial charge in [-0.15, -0.1) is 24.0 Å². The third-order valence-corrected chi connectivity index (χ3v) is 4.10. The summed E-state index contributed by atoms with van der Waals surface area (Å²) in [5.74, 6) is 0.703. The molecular formula is C22H38IN5O3. The lowest BCUT2D eigenvalue weighted by atomic mass is 10.1. The Bertz CT molecular complexity index is 698. The molecule has 0 bridgehead atoms. The number of hydrogen-bond acceptors (Lipinski definition) is 4. The van der Waals surface area contributed by atoms with Gasteiger partial charge in [0.15, 0.2) is 5.96 Å². The smallest absolute Gasteiger partial charge is 0.407 e. The number of aliphatic imine (C=N–C) groups is 1. The van der Waals surface area contributed by atoms with Crippen molar-refractivity contribution in [2.24, 2.45) is 4.99 Å². The maximum absolute atomic E-state index is 12.4. The van der Waals surface area contributed by atoms with Crippen LogP contribution in [0.1, 0.15) is 57.5 Å². The molecular weight excluding hydrogens is 509 g/mol. The Kier molecular flexibility index (Phi) is 13.9. The van der Waals surface area contributed by atoms with Crippen LogP contribution >= 0.6 is 24.0 Å². The lowest BCUT2D eigenvalue weighted by Crippen LogP contribution is -2.42. The summed E-state index contributed by atoms with van der Waals surface area (Å²) in [6.07, 6.45) is -0.439. The van der Waals surface area contributed by atoms with Gasteiger partial charge in [0.25, 0.3) is 5.91 Å². The molecule has 0 heterocycles. The monoisotopic (exact) mass is 547 g/mol.